The molecule has 0 amide bonds. The van der Waals surface area contributed by atoms with Crippen LogP contribution in [0.4, 0.5) is 0 Å². The number of hydrogen-bond acceptors (Lipinski definition) is 3. The van der Waals surface area contributed by atoms with Crippen molar-refractivity contribution in [2.75, 3.05) is 0 Å². The summed E-state index contributed by atoms with van der Waals surface area (Å²) in [6.07, 6.45) is 0. The molecule has 5 nitrogen and oxygen atoms in total. The van der Waals surface area contributed by atoms with Crippen LogP contribution in [-0.4, -0.2) is 24.1 Å². The maximum atomic E-state index is 5.63. The van der Waals surface area contributed by atoms with Gasteiger partial charge >= 0.3 is 0 Å². The van der Waals surface area contributed by atoms with Crippen molar-refractivity contribution in [1.82, 2.24) is 24.1 Å². The van der Waals surface area contributed by atoms with E-state index in [1.807, 2.05) is 18.2 Å². The summed E-state index contributed by atoms with van der Waals surface area (Å²) in [5.74, 6) is 1.69. The van der Waals surface area contributed by atoms with Crippen LogP contribution in [0.2, 0.25) is 0 Å². The van der Waals surface area contributed by atoms with Gasteiger partial charge in [-0.3, -0.25) is 4.57 Å². The minimum absolute atomic E-state index is 0.529. The fraction of sp³-hybridized carbons (Fsp3) is 0. The molecule has 3 heterocycles. The number of fused-ring (bicyclic) bond motifs is 7. The SMILES string of the molecule is c1ccc(-c2cccc(-c3cc(-c4ccccc4)cc(-c4nc(-c5ccccc5)nc(-n5c6ccccc6c6ccc7c8ccccc8n(-c8c(-c9ccccc9)cccc8-c8ccccc8)c7c65)n4)c3)c2)cc1. The van der Waals surface area contributed by atoms with E-state index in [1.54, 1.807) is 0 Å². The third-order valence-corrected chi connectivity index (χ3v) is 14.4. The van der Waals surface area contributed by atoms with Crippen molar-refractivity contribution in [3.8, 4) is 90.0 Å². The second-order valence-corrected chi connectivity index (χ2v) is 18.8. The summed E-state index contributed by atoms with van der Waals surface area (Å²) in [4.78, 5) is 16.5. The Morgan fingerprint density at radius 1 is 0.230 bits per heavy atom. The quantitative estimate of drug-likeness (QED) is 0.145. The second kappa shape index (κ2) is 18.0. The Bertz CT molecular complexity index is 4330. The molecule has 0 aliphatic rings. The van der Waals surface area contributed by atoms with Crippen molar-refractivity contribution in [2.24, 2.45) is 0 Å². The van der Waals surface area contributed by atoms with E-state index < -0.39 is 0 Å². The zero-order valence-corrected chi connectivity index (χ0v) is 40.2. The first-order chi connectivity index (χ1) is 36.7. The van der Waals surface area contributed by atoms with Crippen LogP contribution >= 0.6 is 0 Å². The summed E-state index contributed by atoms with van der Waals surface area (Å²) in [5, 5.41) is 4.50. The molecule has 0 saturated heterocycles. The minimum atomic E-state index is 0.529. The molecule has 3 aromatic heterocycles. The van der Waals surface area contributed by atoms with Crippen molar-refractivity contribution in [3.63, 3.8) is 0 Å². The summed E-state index contributed by atoms with van der Waals surface area (Å²) in [6, 6.07) is 97.2. The molecule has 0 unspecified atom stereocenters. The lowest BCUT2D eigenvalue weighted by molar-refractivity contribution is 0.953. The first-order valence-corrected chi connectivity index (χ1v) is 25.1. The summed E-state index contributed by atoms with van der Waals surface area (Å²) in [7, 11) is 0. The number of hydrogen-bond donors (Lipinski definition) is 0. The van der Waals surface area contributed by atoms with E-state index in [9.17, 15) is 0 Å². The molecule has 11 aromatic carbocycles. The lowest BCUT2D eigenvalue weighted by Gasteiger charge is -2.20. The Balaban J connectivity index is 1.09. The molecular weight excluding hydrogens is 899 g/mol. The van der Waals surface area contributed by atoms with Gasteiger partial charge in [0.2, 0.25) is 5.95 Å². The zero-order valence-electron chi connectivity index (χ0n) is 40.2. The van der Waals surface area contributed by atoms with Crippen LogP contribution in [0.25, 0.3) is 134 Å². The molecule has 0 aliphatic heterocycles. The van der Waals surface area contributed by atoms with Crippen molar-refractivity contribution in [1.29, 1.82) is 0 Å². The number of benzene rings is 11. The molecule has 14 aromatic rings. The Morgan fingerprint density at radius 2 is 0.595 bits per heavy atom. The fourth-order valence-electron chi connectivity index (χ4n) is 11.0. The summed E-state index contributed by atoms with van der Waals surface area (Å²) in [6.45, 7) is 0. The van der Waals surface area contributed by atoms with E-state index in [2.05, 4.69) is 264 Å². The maximum absolute atomic E-state index is 5.63. The van der Waals surface area contributed by atoms with Crippen molar-refractivity contribution < 1.29 is 0 Å². The minimum Gasteiger partial charge on any atom is -0.306 e. The normalized spacial score (nSPS) is 11.5. The van der Waals surface area contributed by atoms with Gasteiger partial charge in [-0.2, -0.15) is 9.97 Å². The van der Waals surface area contributed by atoms with E-state index in [1.165, 1.54) is 5.56 Å². The van der Waals surface area contributed by atoms with Gasteiger partial charge in [0.25, 0.3) is 0 Å². The third-order valence-electron chi connectivity index (χ3n) is 14.4. The van der Waals surface area contributed by atoms with Gasteiger partial charge in [0.05, 0.1) is 27.8 Å². The van der Waals surface area contributed by atoms with E-state index in [0.29, 0.717) is 17.6 Å². The average Bonchev–Trinajstić information content (AvgIpc) is 4.08. The highest BCUT2D eigenvalue weighted by atomic mass is 15.2. The molecule has 346 valence electrons. The number of para-hydroxylation sites is 3. The van der Waals surface area contributed by atoms with E-state index in [0.717, 1.165) is 110 Å². The molecule has 74 heavy (non-hydrogen) atoms. The van der Waals surface area contributed by atoms with Crippen LogP contribution in [0.3, 0.4) is 0 Å². The molecule has 0 atom stereocenters. The topological polar surface area (TPSA) is 48.5 Å². The van der Waals surface area contributed by atoms with Crippen molar-refractivity contribution >= 4 is 43.6 Å². The Kier molecular flexibility index (Phi) is 10.4. The number of nitrogens with zero attached hydrogens (tertiary/aromatic N) is 5. The molecule has 0 fully saturated rings. The van der Waals surface area contributed by atoms with Gasteiger partial charge in [-0.1, -0.05) is 237 Å². The second-order valence-electron chi connectivity index (χ2n) is 18.8. The zero-order chi connectivity index (χ0) is 49.0. The largest absolute Gasteiger partial charge is 0.306 e. The first-order valence-electron chi connectivity index (χ1n) is 25.1. The van der Waals surface area contributed by atoms with Crippen molar-refractivity contribution in [2.45, 2.75) is 0 Å². The Morgan fingerprint density at radius 3 is 1.15 bits per heavy atom. The standard InChI is InChI=1S/C69H45N5/c1-6-22-46(23-7-1)51-32-20-33-52(42-51)54-43-53(47-24-8-2-9-25-47)44-55(45-54)68-70-67(50-30-14-5-15-31-50)71-69(72-68)74-63-39-19-17-35-59(63)61-41-40-60-58-34-16-18-38-62(58)73(65(60)66(61)74)64-56(48-26-10-3-11-27-48)36-21-37-57(64)49-28-12-4-13-29-49/h1-45H. The molecule has 5 heteroatoms. The van der Waals surface area contributed by atoms with E-state index >= 15 is 0 Å². The van der Waals surface area contributed by atoms with Gasteiger partial charge in [0.1, 0.15) is 0 Å². The molecule has 0 saturated carbocycles. The van der Waals surface area contributed by atoms with Gasteiger partial charge in [0, 0.05) is 43.8 Å². The highest BCUT2D eigenvalue weighted by molar-refractivity contribution is 6.24. The monoisotopic (exact) mass is 943 g/mol. The Labute approximate surface area is 428 Å². The number of rotatable bonds is 9. The summed E-state index contributed by atoms with van der Waals surface area (Å²) >= 11 is 0. The van der Waals surface area contributed by atoms with Gasteiger partial charge in [-0.15, -0.1) is 0 Å². The lowest BCUT2D eigenvalue weighted by atomic mass is 9.94. The van der Waals surface area contributed by atoms with Crippen molar-refractivity contribution in [3.05, 3.63) is 273 Å². The smallest absolute Gasteiger partial charge is 0.238 e. The average molecular weight is 944 g/mol. The molecular formula is C69H45N5. The van der Waals surface area contributed by atoms with Crippen LogP contribution in [0.15, 0.2) is 273 Å². The van der Waals surface area contributed by atoms with Crippen LogP contribution < -0.4 is 0 Å². The van der Waals surface area contributed by atoms with Gasteiger partial charge in [-0.25, -0.2) is 4.98 Å². The molecule has 0 N–H and O–H groups in total. The predicted molar refractivity (Wildman–Crippen MR) is 307 cm³/mol. The van der Waals surface area contributed by atoms with E-state index in [-0.39, 0.29) is 0 Å². The molecule has 0 aliphatic carbocycles. The van der Waals surface area contributed by atoms with Gasteiger partial charge < -0.3 is 4.57 Å². The highest BCUT2D eigenvalue weighted by Crippen LogP contribution is 2.46. The molecule has 0 spiro atoms. The third kappa shape index (κ3) is 7.37. The number of aromatic nitrogens is 5. The van der Waals surface area contributed by atoms with Gasteiger partial charge in [0.15, 0.2) is 11.6 Å². The molecule has 0 bridgehead atoms. The van der Waals surface area contributed by atoms with Crippen LogP contribution in [0.1, 0.15) is 0 Å². The van der Waals surface area contributed by atoms with Crippen LogP contribution in [0, 0.1) is 0 Å². The first kappa shape index (κ1) is 42.9. The summed E-state index contributed by atoms with van der Waals surface area (Å²) in [5.41, 5.74) is 18.3. The predicted octanol–water partition coefficient (Wildman–Crippen LogP) is 17.7. The van der Waals surface area contributed by atoms with Crippen LogP contribution in [0.5, 0.6) is 0 Å². The Hall–Kier alpha value is -9.97. The highest BCUT2D eigenvalue weighted by Gasteiger charge is 2.26. The maximum Gasteiger partial charge on any atom is 0.238 e. The lowest BCUT2D eigenvalue weighted by Crippen LogP contribution is -2.08. The fourth-order valence-corrected chi connectivity index (χ4v) is 11.0. The van der Waals surface area contributed by atoms with E-state index in [4.69, 9.17) is 15.0 Å². The van der Waals surface area contributed by atoms with Gasteiger partial charge in [-0.05, 0) is 80.9 Å². The van der Waals surface area contributed by atoms with Crippen LogP contribution in [-0.2, 0) is 0 Å². The molecule has 14 rings (SSSR count). The molecule has 0 radical (unpaired) electrons. The summed E-state index contributed by atoms with van der Waals surface area (Å²) < 4.78 is 4.80.